The van der Waals surface area contributed by atoms with Crippen molar-refractivity contribution in [3.05, 3.63) is 41.1 Å². The van der Waals surface area contributed by atoms with Crippen molar-refractivity contribution in [3.8, 4) is 0 Å². The summed E-state index contributed by atoms with van der Waals surface area (Å²) in [5.74, 6) is -3.32. The summed E-state index contributed by atoms with van der Waals surface area (Å²) in [6.45, 7) is 4.77. The second-order valence-corrected chi connectivity index (χ2v) is 5.43. The van der Waals surface area contributed by atoms with Crippen LogP contribution in [0.5, 0.6) is 0 Å². The third-order valence-corrected chi connectivity index (χ3v) is 3.68. The minimum atomic E-state index is -2.56. The van der Waals surface area contributed by atoms with E-state index >= 15 is 0 Å². The van der Waals surface area contributed by atoms with E-state index in [1.807, 2.05) is 6.07 Å². The lowest BCUT2D eigenvalue weighted by Gasteiger charge is -2.28. The predicted molar refractivity (Wildman–Crippen MR) is 91.8 cm³/mol. The molecule has 25 heavy (non-hydrogen) atoms. The van der Waals surface area contributed by atoms with Gasteiger partial charge in [-0.15, -0.1) is 0 Å². The Balaban J connectivity index is 3.12. The van der Waals surface area contributed by atoms with Crippen molar-refractivity contribution in [2.75, 3.05) is 13.2 Å². The molecule has 1 rings (SSSR count). The van der Waals surface area contributed by atoms with E-state index < -0.39 is 23.5 Å². The van der Waals surface area contributed by atoms with Gasteiger partial charge in [0.1, 0.15) is 0 Å². The summed E-state index contributed by atoms with van der Waals surface area (Å²) in [6, 6.07) is 8.99. The molecule has 0 aliphatic rings. The summed E-state index contributed by atoms with van der Waals surface area (Å²) in [5, 5.41) is 23.0. The van der Waals surface area contributed by atoms with Crippen molar-refractivity contribution in [2.45, 2.75) is 39.3 Å². The maximum absolute atomic E-state index is 12.2. The molecule has 1 aromatic rings. The van der Waals surface area contributed by atoms with Gasteiger partial charge in [0.2, 0.25) is 0 Å². The fourth-order valence-corrected chi connectivity index (χ4v) is 2.39. The Labute approximate surface area is 147 Å². The van der Waals surface area contributed by atoms with Crippen LogP contribution >= 0.6 is 0 Å². The smallest absolute Gasteiger partial charge is 0.350 e. The van der Waals surface area contributed by atoms with Crippen LogP contribution in [0.3, 0.4) is 0 Å². The average Bonchev–Trinajstić information content (AvgIpc) is 2.60. The lowest BCUT2D eigenvalue weighted by atomic mass is 9.86. The first-order valence-corrected chi connectivity index (χ1v) is 8.29. The van der Waals surface area contributed by atoms with E-state index in [9.17, 15) is 19.9 Å². The van der Waals surface area contributed by atoms with E-state index in [2.05, 4.69) is 0 Å². The SMILES string of the molecule is CCOC(=O)C(O)(C(=O)OCC)C(/C=[N+](\[O-])Cc1ccccc1)CC. The van der Waals surface area contributed by atoms with Crippen LogP contribution in [-0.2, 0) is 25.6 Å². The Morgan fingerprint density at radius 1 is 1.16 bits per heavy atom. The van der Waals surface area contributed by atoms with Gasteiger partial charge in [-0.3, -0.25) is 0 Å². The molecule has 0 spiro atoms. The maximum atomic E-state index is 12.2. The Morgan fingerprint density at radius 3 is 2.12 bits per heavy atom. The van der Waals surface area contributed by atoms with Crippen LogP contribution < -0.4 is 0 Å². The molecule has 7 heteroatoms. The normalized spacial score (nSPS) is 13.2. The fraction of sp³-hybridized carbons (Fsp3) is 0.500. The van der Waals surface area contributed by atoms with E-state index in [1.54, 1.807) is 45.0 Å². The topological polar surface area (TPSA) is 98.9 Å². The van der Waals surface area contributed by atoms with Crippen LogP contribution in [0.25, 0.3) is 0 Å². The number of rotatable bonds is 9. The summed E-state index contributed by atoms with van der Waals surface area (Å²) in [4.78, 5) is 24.4. The van der Waals surface area contributed by atoms with Gasteiger partial charge in [-0.25, -0.2) is 14.3 Å². The zero-order valence-electron chi connectivity index (χ0n) is 14.8. The number of carbonyl (C=O) groups excluding carboxylic acids is 2. The van der Waals surface area contributed by atoms with Crippen molar-refractivity contribution in [1.29, 1.82) is 0 Å². The first-order valence-electron chi connectivity index (χ1n) is 8.29. The van der Waals surface area contributed by atoms with E-state index in [1.165, 1.54) is 0 Å². The Kier molecular flexibility index (Phi) is 8.07. The van der Waals surface area contributed by atoms with Gasteiger partial charge in [0.15, 0.2) is 12.8 Å². The number of hydroxylamine groups is 1. The van der Waals surface area contributed by atoms with Crippen LogP contribution in [0, 0.1) is 11.1 Å². The maximum Gasteiger partial charge on any atom is 0.350 e. The molecule has 0 radical (unpaired) electrons. The lowest BCUT2D eigenvalue weighted by molar-refractivity contribution is -0.473. The highest BCUT2D eigenvalue weighted by molar-refractivity contribution is 6.06. The molecule has 0 fully saturated rings. The third-order valence-electron chi connectivity index (χ3n) is 3.68. The lowest BCUT2D eigenvalue weighted by Crippen LogP contribution is -2.55. The van der Waals surface area contributed by atoms with Crippen LogP contribution in [0.15, 0.2) is 30.3 Å². The van der Waals surface area contributed by atoms with Crippen molar-refractivity contribution in [2.24, 2.45) is 5.92 Å². The molecular weight excluding hydrogens is 326 g/mol. The highest BCUT2D eigenvalue weighted by atomic mass is 16.6. The molecule has 0 aliphatic heterocycles. The van der Waals surface area contributed by atoms with Crippen molar-refractivity contribution in [3.63, 3.8) is 0 Å². The zero-order chi connectivity index (χ0) is 18.9. The molecule has 1 N–H and O–H groups in total. The second-order valence-electron chi connectivity index (χ2n) is 5.43. The number of ether oxygens (including phenoxy) is 2. The van der Waals surface area contributed by atoms with Crippen LogP contribution in [0.1, 0.15) is 32.8 Å². The molecule has 1 atom stereocenters. The Hall–Kier alpha value is -2.41. The third kappa shape index (κ3) is 5.29. The number of benzene rings is 1. The Morgan fingerprint density at radius 2 is 1.68 bits per heavy atom. The zero-order valence-corrected chi connectivity index (χ0v) is 14.8. The highest BCUT2D eigenvalue weighted by Crippen LogP contribution is 2.24. The van der Waals surface area contributed by atoms with E-state index in [0.717, 1.165) is 11.8 Å². The minimum Gasteiger partial charge on any atom is -0.624 e. The molecule has 1 aromatic carbocycles. The van der Waals surface area contributed by atoms with Crippen molar-refractivity contribution in [1.82, 2.24) is 0 Å². The fourth-order valence-electron chi connectivity index (χ4n) is 2.39. The van der Waals surface area contributed by atoms with Crippen molar-refractivity contribution < 1.29 is 28.9 Å². The van der Waals surface area contributed by atoms with Crippen LogP contribution in [0.4, 0.5) is 0 Å². The van der Waals surface area contributed by atoms with E-state index in [4.69, 9.17) is 9.47 Å². The molecule has 0 bridgehead atoms. The van der Waals surface area contributed by atoms with Gasteiger partial charge in [-0.05, 0) is 20.3 Å². The molecular formula is C18H25NO6. The highest BCUT2D eigenvalue weighted by Gasteiger charge is 2.54. The molecule has 0 saturated carbocycles. The summed E-state index contributed by atoms with van der Waals surface area (Å²) >= 11 is 0. The summed E-state index contributed by atoms with van der Waals surface area (Å²) in [6.07, 6.45) is 1.29. The van der Waals surface area contributed by atoms with Gasteiger partial charge in [-0.2, -0.15) is 0 Å². The first-order chi connectivity index (χ1) is 11.9. The molecule has 7 nitrogen and oxygen atoms in total. The molecule has 0 aromatic heterocycles. The predicted octanol–water partition coefficient (Wildman–Crippen LogP) is 1.65. The number of esters is 2. The molecule has 1 unspecified atom stereocenters. The summed E-state index contributed by atoms with van der Waals surface area (Å²) in [7, 11) is 0. The quantitative estimate of drug-likeness (QED) is 0.181. The number of aliphatic hydroxyl groups is 1. The molecule has 0 amide bonds. The number of nitrogens with zero attached hydrogens (tertiary/aromatic N) is 1. The number of hydrogen-bond acceptors (Lipinski definition) is 6. The van der Waals surface area contributed by atoms with Gasteiger partial charge >= 0.3 is 11.9 Å². The monoisotopic (exact) mass is 351 g/mol. The second kappa shape index (κ2) is 9.78. The minimum absolute atomic E-state index is 0.0118. The standard InChI is InChI=1S/C18H25NO6/c1-4-15(13-19(23)12-14-10-8-7-9-11-14)18(22,16(20)24-5-2)17(21)25-6-3/h7-11,13,15,22H,4-6,12H2,1-3H3/b19-13-. The van der Waals surface area contributed by atoms with Gasteiger partial charge in [-0.1, -0.05) is 37.3 Å². The summed E-state index contributed by atoms with van der Waals surface area (Å²) in [5.41, 5.74) is -1.79. The van der Waals surface area contributed by atoms with Crippen LogP contribution in [-0.4, -0.2) is 46.8 Å². The molecule has 0 heterocycles. The average molecular weight is 351 g/mol. The molecule has 0 saturated heterocycles. The van der Waals surface area contributed by atoms with E-state index in [-0.39, 0.29) is 26.2 Å². The number of hydrogen-bond donors (Lipinski definition) is 1. The Bertz CT molecular complexity index is 581. The number of carbonyl (C=O) groups is 2. The van der Waals surface area contributed by atoms with Crippen LogP contribution in [0.2, 0.25) is 0 Å². The first kappa shape index (κ1) is 20.6. The van der Waals surface area contributed by atoms with E-state index in [0.29, 0.717) is 4.74 Å². The van der Waals surface area contributed by atoms with Gasteiger partial charge in [0, 0.05) is 5.56 Å². The molecule has 0 aliphatic carbocycles. The largest absolute Gasteiger partial charge is 0.624 e. The van der Waals surface area contributed by atoms with Crippen molar-refractivity contribution >= 4 is 18.2 Å². The molecule has 138 valence electrons. The van der Waals surface area contributed by atoms with Gasteiger partial charge < -0.3 is 19.8 Å². The summed E-state index contributed by atoms with van der Waals surface area (Å²) < 4.78 is 10.2. The van der Waals surface area contributed by atoms with Gasteiger partial charge in [0.25, 0.3) is 5.60 Å². The van der Waals surface area contributed by atoms with Gasteiger partial charge in [0.05, 0.1) is 19.1 Å².